The van der Waals surface area contributed by atoms with Crippen molar-refractivity contribution in [1.29, 1.82) is 0 Å². The van der Waals surface area contributed by atoms with E-state index in [9.17, 15) is 4.79 Å². The summed E-state index contributed by atoms with van der Waals surface area (Å²) in [4.78, 5) is 11.9. The molecule has 3 nitrogen and oxygen atoms in total. The van der Waals surface area contributed by atoms with E-state index in [-0.39, 0.29) is 5.91 Å². The van der Waals surface area contributed by atoms with Crippen molar-refractivity contribution in [1.82, 2.24) is 0 Å². The minimum atomic E-state index is -0.554. The van der Waals surface area contributed by atoms with Crippen LogP contribution >= 0.6 is 15.9 Å². The van der Waals surface area contributed by atoms with Crippen LogP contribution in [-0.2, 0) is 4.79 Å². The fourth-order valence-electron chi connectivity index (χ4n) is 1.54. The summed E-state index contributed by atoms with van der Waals surface area (Å²) < 4.78 is 6.54. The zero-order valence-corrected chi connectivity index (χ0v) is 12.1. The summed E-state index contributed by atoms with van der Waals surface area (Å²) in [5, 5.41) is 2.80. The summed E-state index contributed by atoms with van der Waals surface area (Å²) in [6, 6.07) is 16.7. The molecule has 0 aliphatic heterocycles. The van der Waals surface area contributed by atoms with E-state index in [0.29, 0.717) is 5.75 Å². The van der Waals surface area contributed by atoms with Gasteiger partial charge in [0.15, 0.2) is 6.10 Å². The van der Waals surface area contributed by atoms with Crippen LogP contribution in [0.2, 0.25) is 0 Å². The first-order valence-electron chi connectivity index (χ1n) is 5.93. The monoisotopic (exact) mass is 319 g/mol. The maximum atomic E-state index is 11.9. The van der Waals surface area contributed by atoms with Crippen molar-refractivity contribution in [2.75, 3.05) is 5.32 Å². The SMILES string of the molecule is C[C@@H](Oc1ccc(Br)cc1)C(=O)Nc1ccccc1. The van der Waals surface area contributed by atoms with Crippen molar-refractivity contribution in [3.8, 4) is 5.75 Å². The summed E-state index contributed by atoms with van der Waals surface area (Å²) in [5.41, 5.74) is 0.763. The van der Waals surface area contributed by atoms with Crippen LogP contribution < -0.4 is 10.1 Å². The lowest BCUT2D eigenvalue weighted by molar-refractivity contribution is -0.122. The van der Waals surface area contributed by atoms with Gasteiger partial charge in [0.05, 0.1) is 0 Å². The number of para-hydroxylation sites is 1. The molecule has 1 N–H and O–H groups in total. The summed E-state index contributed by atoms with van der Waals surface area (Å²) in [6.45, 7) is 1.72. The first-order valence-corrected chi connectivity index (χ1v) is 6.72. The van der Waals surface area contributed by atoms with E-state index in [1.807, 2.05) is 54.6 Å². The highest BCUT2D eigenvalue weighted by Gasteiger charge is 2.14. The fraction of sp³-hybridized carbons (Fsp3) is 0.133. The molecule has 0 aliphatic carbocycles. The molecule has 0 aliphatic rings. The van der Waals surface area contributed by atoms with Gasteiger partial charge >= 0.3 is 0 Å². The van der Waals surface area contributed by atoms with Gasteiger partial charge in [-0.05, 0) is 43.3 Å². The van der Waals surface area contributed by atoms with Gasteiger partial charge in [-0.3, -0.25) is 4.79 Å². The Morgan fingerprint density at radius 2 is 1.74 bits per heavy atom. The van der Waals surface area contributed by atoms with E-state index >= 15 is 0 Å². The first kappa shape index (κ1) is 13.6. The van der Waals surface area contributed by atoms with Gasteiger partial charge in [-0.1, -0.05) is 34.1 Å². The lowest BCUT2D eigenvalue weighted by Gasteiger charge is -2.14. The molecular weight excluding hydrogens is 306 g/mol. The molecule has 0 radical (unpaired) electrons. The number of halogens is 1. The molecule has 0 saturated heterocycles. The molecule has 2 aromatic rings. The number of benzene rings is 2. The van der Waals surface area contributed by atoms with E-state index in [0.717, 1.165) is 10.2 Å². The third kappa shape index (κ3) is 4.10. The smallest absolute Gasteiger partial charge is 0.265 e. The minimum absolute atomic E-state index is 0.172. The zero-order valence-electron chi connectivity index (χ0n) is 10.5. The number of nitrogens with one attached hydrogen (secondary N) is 1. The maximum Gasteiger partial charge on any atom is 0.265 e. The van der Waals surface area contributed by atoms with Crippen molar-refractivity contribution in [3.05, 3.63) is 59.1 Å². The van der Waals surface area contributed by atoms with E-state index < -0.39 is 6.10 Å². The molecule has 0 aromatic heterocycles. The van der Waals surface area contributed by atoms with E-state index in [4.69, 9.17) is 4.74 Å². The second kappa shape index (κ2) is 6.38. The molecule has 0 unspecified atom stereocenters. The second-order valence-corrected chi connectivity index (χ2v) is 4.98. The molecule has 2 aromatic carbocycles. The topological polar surface area (TPSA) is 38.3 Å². The molecule has 0 bridgehead atoms. The Balaban J connectivity index is 1.94. The van der Waals surface area contributed by atoms with Gasteiger partial charge in [-0.25, -0.2) is 0 Å². The Morgan fingerprint density at radius 3 is 2.37 bits per heavy atom. The van der Waals surface area contributed by atoms with Crippen LogP contribution in [0.1, 0.15) is 6.92 Å². The van der Waals surface area contributed by atoms with Gasteiger partial charge in [0.1, 0.15) is 5.75 Å². The lowest BCUT2D eigenvalue weighted by Crippen LogP contribution is -2.30. The summed E-state index contributed by atoms with van der Waals surface area (Å²) in [5.74, 6) is 0.494. The zero-order chi connectivity index (χ0) is 13.7. The number of carbonyl (C=O) groups is 1. The number of ether oxygens (including phenoxy) is 1. The van der Waals surface area contributed by atoms with E-state index in [1.54, 1.807) is 6.92 Å². The predicted octanol–water partition coefficient (Wildman–Crippen LogP) is 3.86. The molecule has 2 rings (SSSR count). The highest BCUT2D eigenvalue weighted by Crippen LogP contribution is 2.17. The molecule has 0 spiro atoms. The van der Waals surface area contributed by atoms with Crippen LogP contribution in [0.25, 0.3) is 0 Å². The Labute approximate surface area is 120 Å². The summed E-state index contributed by atoms with van der Waals surface area (Å²) in [7, 11) is 0. The Kier molecular flexibility index (Phi) is 4.58. The second-order valence-electron chi connectivity index (χ2n) is 4.07. The third-order valence-corrected chi connectivity index (χ3v) is 3.07. The van der Waals surface area contributed by atoms with Crippen LogP contribution in [0.5, 0.6) is 5.75 Å². The molecular formula is C15H14BrNO2. The Bertz CT molecular complexity index is 540. The highest BCUT2D eigenvalue weighted by atomic mass is 79.9. The molecule has 0 fully saturated rings. The third-order valence-electron chi connectivity index (χ3n) is 2.54. The molecule has 0 heterocycles. The van der Waals surface area contributed by atoms with Gasteiger partial charge < -0.3 is 10.1 Å². The largest absolute Gasteiger partial charge is 0.481 e. The molecule has 98 valence electrons. The lowest BCUT2D eigenvalue weighted by atomic mass is 10.3. The van der Waals surface area contributed by atoms with Gasteiger partial charge in [0, 0.05) is 10.2 Å². The standard InChI is InChI=1S/C15H14BrNO2/c1-11(19-14-9-7-12(16)8-10-14)15(18)17-13-5-3-2-4-6-13/h2-11H,1H3,(H,17,18)/t11-/m1/s1. The molecule has 1 atom stereocenters. The van der Waals surface area contributed by atoms with Crippen LogP contribution in [0.4, 0.5) is 5.69 Å². The number of anilines is 1. The van der Waals surface area contributed by atoms with Gasteiger partial charge in [0.2, 0.25) is 0 Å². The van der Waals surface area contributed by atoms with Crippen molar-refractivity contribution in [2.24, 2.45) is 0 Å². The summed E-state index contributed by atoms with van der Waals surface area (Å²) >= 11 is 3.35. The van der Waals surface area contributed by atoms with Crippen molar-refractivity contribution in [3.63, 3.8) is 0 Å². The van der Waals surface area contributed by atoms with Crippen molar-refractivity contribution < 1.29 is 9.53 Å². The van der Waals surface area contributed by atoms with Crippen LogP contribution in [0.15, 0.2) is 59.1 Å². The maximum absolute atomic E-state index is 11.9. The quantitative estimate of drug-likeness (QED) is 0.929. The number of hydrogen-bond acceptors (Lipinski definition) is 2. The van der Waals surface area contributed by atoms with Crippen molar-refractivity contribution in [2.45, 2.75) is 13.0 Å². The number of hydrogen-bond donors (Lipinski definition) is 1. The number of amides is 1. The van der Waals surface area contributed by atoms with Gasteiger partial charge in [0.25, 0.3) is 5.91 Å². The van der Waals surface area contributed by atoms with Crippen LogP contribution in [0, 0.1) is 0 Å². The Morgan fingerprint density at radius 1 is 1.11 bits per heavy atom. The number of rotatable bonds is 4. The van der Waals surface area contributed by atoms with E-state index in [1.165, 1.54) is 0 Å². The highest BCUT2D eigenvalue weighted by molar-refractivity contribution is 9.10. The average molecular weight is 320 g/mol. The summed E-state index contributed by atoms with van der Waals surface area (Å²) in [6.07, 6.45) is -0.554. The normalized spacial score (nSPS) is 11.7. The first-order chi connectivity index (χ1) is 9.15. The number of carbonyl (C=O) groups excluding carboxylic acids is 1. The van der Waals surface area contributed by atoms with Gasteiger partial charge in [-0.2, -0.15) is 0 Å². The average Bonchev–Trinajstić information content (AvgIpc) is 2.42. The van der Waals surface area contributed by atoms with Gasteiger partial charge in [-0.15, -0.1) is 0 Å². The Hall–Kier alpha value is -1.81. The fourth-order valence-corrected chi connectivity index (χ4v) is 1.80. The van der Waals surface area contributed by atoms with Crippen LogP contribution in [-0.4, -0.2) is 12.0 Å². The molecule has 4 heteroatoms. The molecule has 1 amide bonds. The van der Waals surface area contributed by atoms with Crippen LogP contribution in [0.3, 0.4) is 0 Å². The molecule has 0 saturated carbocycles. The van der Waals surface area contributed by atoms with E-state index in [2.05, 4.69) is 21.2 Å². The molecule has 19 heavy (non-hydrogen) atoms. The van der Waals surface area contributed by atoms with Crippen molar-refractivity contribution >= 4 is 27.5 Å². The predicted molar refractivity (Wildman–Crippen MR) is 79.3 cm³/mol. The minimum Gasteiger partial charge on any atom is -0.481 e.